The van der Waals surface area contributed by atoms with Crippen LogP contribution in [-0.2, 0) is 14.8 Å². The minimum atomic E-state index is -3.71. The van der Waals surface area contributed by atoms with Crippen LogP contribution in [0.4, 0.5) is 4.39 Å². The van der Waals surface area contributed by atoms with Crippen LogP contribution in [0.3, 0.4) is 0 Å². The molecule has 0 aromatic heterocycles. The SMILES string of the molecule is O=S(=O)(c1ccc(F)c(Cl)c1)N1CCCSCC1CN1CCOCC1. The van der Waals surface area contributed by atoms with Gasteiger partial charge in [0.2, 0.25) is 10.0 Å². The summed E-state index contributed by atoms with van der Waals surface area (Å²) in [5.41, 5.74) is 0. The number of ether oxygens (including phenoxy) is 1. The standard InChI is InChI=1S/C16H22ClFN2O3S2/c17-15-10-14(2-3-16(15)18)25(21,22)20-4-1-9-24-12-13(20)11-19-5-7-23-8-6-19/h2-3,10,13H,1,4-9,11-12H2. The van der Waals surface area contributed by atoms with E-state index < -0.39 is 15.8 Å². The Balaban J connectivity index is 1.84. The molecule has 2 fully saturated rings. The van der Waals surface area contributed by atoms with Gasteiger partial charge >= 0.3 is 0 Å². The number of hydrogen-bond donors (Lipinski definition) is 0. The number of thioether (sulfide) groups is 1. The summed E-state index contributed by atoms with van der Waals surface area (Å²) in [4.78, 5) is 2.30. The second-order valence-electron chi connectivity index (χ2n) is 6.19. The Bertz CT molecular complexity index is 699. The van der Waals surface area contributed by atoms with Gasteiger partial charge in [0.15, 0.2) is 0 Å². The van der Waals surface area contributed by atoms with Gasteiger partial charge in [-0.3, -0.25) is 4.90 Å². The molecule has 0 bridgehead atoms. The van der Waals surface area contributed by atoms with E-state index in [1.54, 1.807) is 16.1 Å². The second kappa shape index (κ2) is 8.54. The highest BCUT2D eigenvalue weighted by Gasteiger charge is 2.34. The molecule has 1 aromatic carbocycles. The number of benzene rings is 1. The number of nitrogens with zero attached hydrogens (tertiary/aromatic N) is 2. The van der Waals surface area contributed by atoms with Crippen molar-refractivity contribution in [3.05, 3.63) is 29.0 Å². The van der Waals surface area contributed by atoms with Gasteiger partial charge in [0.05, 0.1) is 23.1 Å². The Morgan fingerprint density at radius 3 is 2.76 bits per heavy atom. The van der Waals surface area contributed by atoms with Gasteiger partial charge in [-0.1, -0.05) is 11.6 Å². The van der Waals surface area contributed by atoms with E-state index in [0.717, 1.165) is 37.1 Å². The highest BCUT2D eigenvalue weighted by Crippen LogP contribution is 2.27. The van der Waals surface area contributed by atoms with Crippen molar-refractivity contribution >= 4 is 33.4 Å². The maximum absolute atomic E-state index is 13.4. The molecule has 0 N–H and O–H groups in total. The van der Waals surface area contributed by atoms with E-state index in [4.69, 9.17) is 16.3 Å². The van der Waals surface area contributed by atoms with Crippen molar-refractivity contribution in [2.24, 2.45) is 0 Å². The summed E-state index contributed by atoms with van der Waals surface area (Å²) in [6, 6.07) is 3.49. The molecule has 1 unspecified atom stereocenters. The largest absolute Gasteiger partial charge is 0.379 e. The molecule has 3 rings (SSSR count). The molecule has 1 atom stereocenters. The Morgan fingerprint density at radius 2 is 2.04 bits per heavy atom. The zero-order chi connectivity index (χ0) is 17.9. The fourth-order valence-corrected chi connectivity index (χ4v) is 6.20. The molecule has 2 aliphatic rings. The summed E-state index contributed by atoms with van der Waals surface area (Å²) in [7, 11) is -3.71. The molecule has 140 valence electrons. The molecule has 5 nitrogen and oxygen atoms in total. The van der Waals surface area contributed by atoms with Crippen LogP contribution in [0.5, 0.6) is 0 Å². The first-order valence-electron chi connectivity index (χ1n) is 8.33. The quantitative estimate of drug-likeness (QED) is 0.765. The third-order valence-electron chi connectivity index (χ3n) is 4.45. The topological polar surface area (TPSA) is 49.9 Å². The third-order valence-corrected chi connectivity index (χ3v) is 7.89. The van der Waals surface area contributed by atoms with Crippen LogP contribution in [0.25, 0.3) is 0 Å². The highest BCUT2D eigenvalue weighted by molar-refractivity contribution is 7.99. The zero-order valence-corrected chi connectivity index (χ0v) is 16.3. The highest BCUT2D eigenvalue weighted by atomic mass is 35.5. The second-order valence-corrected chi connectivity index (χ2v) is 9.63. The van der Waals surface area contributed by atoms with Gasteiger partial charge in [0.25, 0.3) is 0 Å². The average Bonchev–Trinajstić information content (AvgIpc) is 2.84. The Labute approximate surface area is 157 Å². The summed E-state index contributed by atoms with van der Waals surface area (Å²) < 4.78 is 46.7. The fourth-order valence-electron chi connectivity index (χ4n) is 3.12. The van der Waals surface area contributed by atoms with Crippen molar-refractivity contribution in [2.45, 2.75) is 17.4 Å². The molecule has 25 heavy (non-hydrogen) atoms. The van der Waals surface area contributed by atoms with Crippen molar-refractivity contribution in [3.8, 4) is 0 Å². The summed E-state index contributed by atoms with van der Waals surface area (Å²) in [5.74, 6) is 1.08. The lowest BCUT2D eigenvalue weighted by Crippen LogP contribution is -2.50. The predicted molar refractivity (Wildman–Crippen MR) is 98.3 cm³/mol. The summed E-state index contributed by atoms with van der Waals surface area (Å²) in [6.45, 7) is 4.15. The van der Waals surface area contributed by atoms with Gasteiger partial charge < -0.3 is 4.74 Å². The van der Waals surface area contributed by atoms with Crippen LogP contribution in [0, 0.1) is 5.82 Å². The number of morpholine rings is 1. The van der Waals surface area contributed by atoms with Gasteiger partial charge in [-0.25, -0.2) is 12.8 Å². The van der Waals surface area contributed by atoms with Crippen molar-refractivity contribution in [3.63, 3.8) is 0 Å². The number of rotatable bonds is 4. The van der Waals surface area contributed by atoms with Crippen LogP contribution in [0.2, 0.25) is 5.02 Å². The third kappa shape index (κ3) is 4.67. The van der Waals surface area contributed by atoms with Crippen LogP contribution in [0.15, 0.2) is 23.1 Å². The fraction of sp³-hybridized carbons (Fsp3) is 0.625. The summed E-state index contributed by atoms with van der Waals surface area (Å²) >= 11 is 7.58. The van der Waals surface area contributed by atoms with E-state index in [2.05, 4.69) is 4.90 Å². The van der Waals surface area contributed by atoms with E-state index in [1.165, 1.54) is 12.1 Å². The molecular formula is C16H22ClFN2O3S2. The summed E-state index contributed by atoms with van der Waals surface area (Å²) in [6.07, 6.45) is 0.804. The molecule has 2 saturated heterocycles. The van der Waals surface area contributed by atoms with Crippen LogP contribution < -0.4 is 0 Å². The minimum Gasteiger partial charge on any atom is -0.379 e. The lowest BCUT2D eigenvalue weighted by molar-refractivity contribution is 0.0309. The number of hydrogen-bond acceptors (Lipinski definition) is 5. The van der Waals surface area contributed by atoms with Crippen molar-refractivity contribution in [1.82, 2.24) is 9.21 Å². The Hall–Kier alpha value is -0.380. The molecule has 0 aliphatic carbocycles. The first-order chi connectivity index (χ1) is 12.0. The van der Waals surface area contributed by atoms with Gasteiger partial charge in [0, 0.05) is 38.0 Å². The molecule has 0 spiro atoms. The molecular weight excluding hydrogens is 387 g/mol. The minimum absolute atomic E-state index is 0.0535. The number of sulfonamides is 1. The molecule has 0 radical (unpaired) electrons. The molecule has 2 aliphatic heterocycles. The van der Waals surface area contributed by atoms with Crippen molar-refractivity contribution in [2.75, 3.05) is 50.9 Å². The summed E-state index contributed by atoms with van der Waals surface area (Å²) in [5, 5.41) is -0.171. The van der Waals surface area contributed by atoms with Gasteiger partial charge in [-0.2, -0.15) is 16.1 Å². The molecule has 0 saturated carbocycles. The predicted octanol–water partition coefficient (Wildman–Crippen LogP) is 2.31. The monoisotopic (exact) mass is 408 g/mol. The first-order valence-corrected chi connectivity index (χ1v) is 11.3. The van der Waals surface area contributed by atoms with Crippen LogP contribution in [0.1, 0.15) is 6.42 Å². The van der Waals surface area contributed by atoms with Gasteiger partial charge in [0.1, 0.15) is 5.82 Å². The van der Waals surface area contributed by atoms with E-state index in [1.807, 2.05) is 0 Å². The maximum atomic E-state index is 13.4. The zero-order valence-electron chi connectivity index (χ0n) is 13.9. The van der Waals surface area contributed by atoms with E-state index in [0.29, 0.717) is 26.3 Å². The Kier molecular flexibility index (Phi) is 6.62. The van der Waals surface area contributed by atoms with Crippen LogP contribution >= 0.6 is 23.4 Å². The van der Waals surface area contributed by atoms with Crippen LogP contribution in [-0.4, -0.2) is 74.6 Å². The molecule has 2 heterocycles. The Morgan fingerprint density at radius 1 is 1.28 bits per heavy atom. The normalized spacial score (nSPS) is 24.2. The maximum Gasteiger partial charge on any atom is 0.243 e. The average molecular weight is 409 g/mol. The van der Waals surface area contributed by atoms with Gasteiger partial charge in [-0.05, 0) is 30.4 Å². The van der Waals surface area contributed by atoms with E-state index >= 15 is 0 Å². The van der Waals surface area contributed by atoms with E-state index in [-0.39, 0.29) is 16.0 Å². The lowest BCUT2D eigenvalue weighted by Gasteiger charge is -2.35. The van der Waals surface area contributed by atoms with Gasteiger partial charge in [-0.15, -0.1) is 0 Å². The molecule has 0 amide bonds. The molecule has 9 heteroatoms. The van der Waals surface area contributed by atoms with E-state index in [9.17, 15) is 12.8 Å². The number of halogens is 2. The lowest BCUT2D eigenvalue weighted by atomic mass is 10.2. The smallest absolute Gasteiger partial charge is 0.243 e. The van der Waals surface area contributed by atoms with Crippen molar-refractivity contribution in [1.29, 1.82) is 0 Å². The van der Waals surface area contributed by atoms with Crippen molar-refractivity contribution < 1.29 is 17.5 Å². The first kappa shape index (κ1) is 19.4. The molecule has 1 aromatic rings.